The number of nitrogens with zero attached hydrogens (tertiary/aromatic N) is 1. The first-order valence-electron chi connectivity index (χ1n) is 6.77. The standard InChI is InChI=1S/C13H22N2O3/c1-9-4-7-15(10(8-9)11(16)17)12(18)13(14)5-2-3-6-13/h9-10H,2-8,14H2,1H3,(H,16,17). The van der Waals surface area contributed by atoms with Crippen LogP contribution in [0.4, 0.5) is 0 Å². The highest BCUT2D eigenvalue weighted by molar-refractivity contribution is 5.90. The van der Waals surface area contributed by atoms with Gasteiger partial charge in [-0.15, -0.1) is 0 Å². The molecule has 1 saturated carbocycles. The molecular formula is C13H22N2O3. The summed E-state index contributed by atoms with van der Waals surface area (Å²) in [5.41, 5.74) is 5.34. The second-order valence-corrected chi connectivity index (χ2v) is 5.85. The van der Waals surface area contributed by atoms with Crippen LogP contribution >= 0.6 is 0 Å². The van der Waals surface area contributed by atoms with Crippen molar-refractivity contribution in [3.05, 3.63) is 0 Å². The minimum Gasteiger partial charge on any atom is -0.480 e. The number of amides is 1. The normalized spacial score (nSPS) is 31.3. The van der Waals surface area contributed by atoms with E-state index in [2.05, 4.69) is 0 Å². The number of carboxylic acids is 1. The van der Waals surface area contributed by atoms with E-state index in [-0.39, 0.29) is 5.91 Å². The van der Waals surface area contributed by atoms with Crippen LogP contribution in [0.5, 0.6) is 0 Å². The van der Waals surface area contributed by atoms with Gasteiger partial charge in [-0.1, -0.05) is 19.8 Å². The smallest absolute Gasteiger partial charge is 0.326 e. The Morgan fingerprint density at radius 2 is 1.94 bits per heavy atom. The quantitative estimate of drug-likeness (QED) is 0.769. The Bertz CT molecular complexity index is 350. The molecule has 5 heteroatoms. The van der Waals surface area contributed by atoms with Gasteiger partial charge in [0, 0.05) is 6.54 Å². The maximum Gasteiger partial charge on any atom is 0.326 e. The zero-order chi connectivity index (χ0) is 13.3. The van der Waals surface area contributed by atoms with E-state index in [1.54, 1.807) is 0 Å². The summed E-state index contributed by atoms with van der Waals surface area (Å²) in [4.78, 5) is 25.3. The van der Waals surface area contributed by atoms with Gasteiger partial charge in [0.1, 0.15) is 6.04 Å². The van der Waals surface area contributed by atoms with Crippen LogP contribution in [-0.2, 0) is 9.59 Å². The molecule has 0 aromatic rings. The van der Waals surface area contributed by atoms with Crippen LogP contribution in [0.2, 0.25) is 0 Å². The fourth-order valence-electron chi connectivity index (χ4n) is 3.12. The molecule has 0 spiro atoms. The van der Waals surface area contributed by atoms with Crippen LogP contribution in [0.1, 0.15) is 45.4 Å². The van der Waals surface area contributed by atoms with Gasteiger partial charge in [0.2, 0.25) is 5.91 Å². The monoisotopic (exact) mass is 254 g/mol. The lowest BCUT2D eigenvalue weighted by atomic mass is 9.89. The number of piperidine rings is 1. The maximum absolute atomic E-state index is 12.5. The summed E-state index contributed by atoms with van der Waals surface area (Å²) in [7, 11) is 0. The fourth-order valence-corrected chi connectivity index (χ4v) is 3.12. The maximum atomic E-state index is 12.5. The van der Waals surface area contributed by atoms with Crippen molar-refractivity contribution in [2.75, 3.05) is 6.54 Å². The van der Waals surface area contributed by atoms with Crippen molar-refractivity contribution < 1.29 is 14.7 Å². The van der Waals surface area contributed by atoms with Crippen LogP contribution in [0.25, 0.3) is 0 Å². The van der Waals surface area contributed by atoms with Gasteiger partial charge in [-0.2, -0.15) is 0 Å². The van der Waals surface area contributed by atoms with Gasteiger partial charge >= 0.3 is 5.97 Å². The van der Waals surface area contributed by atoms with E-state index in [4.69, 9.17) is 5.73 Å². The minimum atomic E-state index is -0.906. The molecule has 2 atom stereocenters. The van der Waals surface area contributed by atoms with Crippen LogP contribution in [0.3, 0.4) is 0 Å². The predicted molar refractivity (Wildman–Crippen MR) is 66.9 cm³/mol. The molecule has 102 valence electrons. The third kappa shape index (κ3) is 2.36. The number of carbonyl (C=O) groups is 2. The molecule has 0 aromatic carbocycles. The topological polar surface area (TPSA) is 83.6 Å². The molecule has 1 heterocycles. The molecule has 0 aromatic heterocycles. The van der Waals surface area contributed by atoms with Gasteiger partial charge in [-0.05, 0) is 31.6 Å². The largest absolute Gasteiger partial charge is 0.480 e. The first kappa shape index (κ1) is 13.3. The van der Waals surface area contributed by atoms with Crippen molar-refractivity contribution in [2.24, 2.45) is 11.7 Å². The summed E-state index contributed by atoms with van der Waals surface area (Å²) >= 11 is 0. The van der Waals surface area contributed by atoms with Crippen molar-refractivity contribution in [2.45, 2.75) is 57.0 Å². The Labute approximate surface area is 107 Å². The lowest BCUT2D eigenvalue weighted by Crippen LogP contribution is -2.59. The summed E-state index contributed by atoms with van der Waals surface area (Å²) in [6.45, 7) is 2.56. The summed E-state index contributed by atoms with van der Waals surface area (Å²) in [5.74, 6) is -0.705. The van der Waals surface area contributed by atoms with E-state index in [1.165, 1.54) is 4.90 Å². The summed E-state index contributed by atoms with van der Waals surface area (Å²) < 4.78 is 0. The van der Waals surface area contributed by atoms with E-state index in [0.29, 0.717) is 31.7 Å². The Balaban J connectivity index is 2.14. The van der Waals surface area contributed by atoms with E-state index >= 15 is 0 Å². The average Bonchev–Trinajstić information content (AvgIpc) is 2.76. The zero-order valence-corrected chi connectivity index (χ0v) is 10.9. The Morgan fingerprint density at radius 1 is 1.33 bits per heavy atom. The highest BCUT2D eigenvalue weighted by atomic mass is 16.4. The van der Waals surface area contributed by atoms with Gasteiger partial charge in [-0.25, -0.2) is 4.79 Å². The molecule has 0 bridgehead atoms. The van der Waals surface area contributed by atoms with Crippen LogP contribution in [0, 0.1) is 5.92 Å². The number of likely N-dealkylation sites (tertiary alicyclic amines) is 1. The van der Waals surface area contributed by atoms with E-state index in [9.17, 15) is 14.7 Å². The van der Waals surface area contributed by atoms with Crippen molar-refractivity contribution >= 4 is 11.9 Å². The molecule has 2 aliphatic rings. The molecule has 2 rings (SSSR count). The highest BCUT2D eigenvalue weighted by Gasteiger charge is 2.44. The molecule has 1 amide bonds. The summed E-state index contributed by atoms with van der Waals surface area (Å²) in [6, 6.07) is -0.692. The minimum absolute atomic E-state index is 0.153. The van der Waals surface area contributed by atoms with Gasteiger partial charge < -0.3 is 15.7 Å². The Morgan fingerprint density at radius 3 is 2.50 bits per heavy atom. The van der Waals surface area contributed by atoms with Crippen LogP contribution in [-0.4, -0.2) is 40.0 Å². The third-order valence-corrected chi connectivity index (χ3v) is 4.33. The first-order chi connectivity index (χ1) is 8.44. The summed E-state index contributed by atoms with van der Waals surface area (Å²) in [5, 5.41) is 9.27. The molecule has 18 heavy (non-hydrogen) atoms. The van der Waals surface area contributed by atoms with Gasteiger partial charge in [0.05, 0.1) is 5.54 Å². The van der Waals surface area contributed by atoms with Crippen LogP contribution < -0.4 is 5.73 Å². The number of hydrogen-bond donors (Lipinski definition) is 2. The first-order valence-corrected chi connectivity index (χ1v) is 6.77. The van der Waals surface area contributed by atoms with Gasteiger partial charge in [-0.3, -0.25) is 4.79 Å². The second-order valence-electron chi connectivity index (χ2n) is 5.85. The van der Waals surface area contributed by atoms with Gasteiger partial charge in [0.15, 0.2) is 0 Å². The fraction of sp³-hybridized carbons (Fsp3) is 0.846. The molecule has 2 fully saturated rings. The number of carbonyl (C=O) groups excluding carboxylic acids is 1. The number of rotatable bonds is 2. The van der Waals surface area contributed by atoms with Crippen molar-refractivity contribution in [1.29, 1.82) is 0 Å². The molecule has 1 aliphatic carbocycles. The molecule has 0 radical (unpaired) electrons. The van der Waals surface area contributed by atoms with Crippen molar-refractivity contribution in [3.63, 3.8) is 0 Å². The Kier molecular flexibility index (Phi) is 3.61. The Hall–Kier alpha value is -1.10. The van der Waals surface area contributed by atoms with E-state index < -0.39 is 17.6 Å². The van der Waals surface area contributed by atoms with Gasteiger partial charge in [0.25, 0.3) is 0 Å². The average molecular weight is 254 g/mol. The van der Waals surface area contributed by atoms with Crippen molar-refractivity contribution in [1.82, 2.24) is 4.90 Å². The number of hydrogen-bond acceptors (Lipinski definition) is 3. The molecule has 5 nitrogen and oxygen atoms in total. The lowest BCUT2D eigenvalue weighted by molar-refractivity contribution is -0.155. The highest BCUT2D eigenvalue weighted by Crippen LogP contribution is 2.32. The molecule has 2 unspecified atom stereocenters. The van der Waals surface area contributed by atoms with E-state index in [1.807, 2.05) is 6.92 Å². The van der Waals surface area contributed by atoms with E-state index in [0.717, 1.165) is 19.3 Å². The molecule has 1 aliphatic heterocycles. The summed E-state index contributed by atoms with van der Waals surface area (Å²) in [6.07, 6.45) is 4.70. The third-order valence-electron chi connectivity index (χ3n) is 4.33. The molecule has 3 N–H and O–H groups in total. The SMILES string of the molecule is CC1CCN(C(=O)C2(N)CCCC2)C(C(=O)O)C1. The number of aliphatic carboxylic acids is 1. The zero-order valence-electron chi connectivity index (χ0n) is 10.9. The second kappa shape index (κ2) is 4.88. The number of carboxylic acid groups (broad SMARTS) is 1. The molecular weight excluding hydrogens is 232 g/mol. The molecule has 1 saturated heterocycles. The predicted octanol–water partition coefficient (Wildman–Crippen LogP) is 0.970. The van der Waals surface area contributed by atoms with Crippen LogP contribution in [0.15, 0.2) is 0 Å². The van der Waals surface area contributed by atoms with Crippen molar-refractivity contribution in [3.8, 4) is 0 Å². The lowest BCUT2D eigenvalue weighted by Gasteiger charge is -2.40. The number of nitrogens with two attached hydrogens (primary N) is 1.